The Morgan fingerprint density at radius 2 is 1.84 bits per heavy atom. The van der Waals surface area contributed by atoms with E-state index in [0.29, 0.717) is 24.8 Å². The van der Waals surface area contributed by atoms with E-state index in [9.17, 15) is 4.79 Å². The quantitative estimate of drug-likeness (QED) is 0.695. The molecular formula is C23H30N6O2. The minimum absolute atomic E-state index is 0.0733. The van der Waals surface area contributed by atoms with Gasteiger partial charge < -0.3 is 9.72 Å². The third-order valence-corrected chi connectivity index (χ3v) is 6.86. The van der Waals surface area contributed by atoms with Crippen molar-refractivity contribution in [3.05, 3.63) is 51.1 Å². The molecule has 1 saturated carbocycles. The normalized spacial score (nSPS) is 19.7. The van der Waals surface area contributed by atoms with Gasteiger partial charge in [0.15, 0.2) is 5.82 Å². The van der Waals surface area contributed by atoms with Crippen molar-refractivity contribution in [2.75, 3.05) is 26.3 Å². The number of benzene rings is 1. The zero-order valence-corrected chi connectivity index (χ0v) is 18.3. The van der Waals surface area contributed by atoms with Gasteiger partial charge in [-0.2, -0.15) is 0 Å². The van der Waals surface area contributed by atoms with E-state index < -0.39 is 0 Å². The molecule has 0 spiro atoms. The van der Waals surface area contributed by atoms with Crippen molar-refractivity contribution < 1.29 is 4.74 Å². The van der Waals surface area contributed by atoms with Gasteiger partial charge in [-0.05, 0) is 54.3 Å². The molecule has 164 valence electrons. The highest BCUT2D eigenvalue weighted by Crippen LogP contribution is 2.33. The van der Waals surface area contributed by atoms with E-state index in [2.05, 4.69) is 50.5 Å². The smallest absolute Gasteiger partial charge is 0.253 e. The van der Waals surface area contributed by atoms with Crippen molar-refractivity contribution in [2.45, 2.75) is 58.0 Å². The zero-order chi connectivity index (χ0) is 21.4. The molecule has 1 aliphatic carbocycles. The van der Waals surface area contributed by atoms with Crippen LogP contribution in [0.25, 0.3) is 10.9 Å². The first kappa shape index (κ1) is 20.3. The highest BCUT2D eigenvalue weighted by Gasteiger charge is 2.33. The van der Waals surface area contributed by atoms with Crippen LogP contribution in [-0.4, -0.2) is 56.4 Å². The summed E-state index contributed by atoms with van der Waals surface area (Å²) in [6.07, 6.45) is 5.83. The topological polar surface area (TPSA) is 88.9 Å². The number of aromatic amines is 1. The average molecular weight is 423 g/mol. The van der Waals surface area contributed by atoms with E-state index in [0.717, 1.165) is 53.8 Å². The Morgan fingerprint density at radius 3 is 2.61 bits per heavy atom. The number of aromatic nitrogens is 5. The minimum atomic E-state index is -0.297. The van der Waals surface area contributed by atoms with Crippen molar-refractivity contribution in [2.24, 2.45) is 0 Å². The fourth-order valence-electron chi connectivity index (χ4n) is 5.10. The van der Waals surface area contributed by atoms with Gasteiger partial charge in [0.25, 0.3) is 5.56 Å². The number of morpholine rings is 1. The molecule has 1 aromatic carbocycles. The van der Waals surface area contributed by atoms with Crippen LogP contribution in [0.4, 0.5) is 0 Å². The number of fused-ring (bicyclic) bond motifs is 1. The Bertz CT molecular complexity index is 1120. The molecule has 0 radical (unpaired) electrons. The van der Waals surface area contributed by atoms with E-state index >= 15 is 0 Å². The largest absolute Gasteiger partial charge is 0.379 e. The molecule has 3 heterocycles. The number of pyridine rings is 1. The first-order valence-electron chi connectivity index (χ1n) is 11.4. The van der Waals surface area contributed by atoms with Crippen molar-refractivity contribution >= 4 is 10.9 Å². The predicted molar refractivity (Wildman–Crippen MR) is 118 cm³/mol. The number of H-pyrrole nitrogens is 1. The second kappa shape index (κ2) is 8.51. The van der Waals surface area contributed by atoms with E-state index in [1.165, 1.54) is 19.3 Å². The van der Waals surface area contributed by atoms with Crippen molar-refractivity contribution in [3.8, 4) is 0 Å². The van der Waals surface area contributed by atoms with E-state index in [1.807, 2.05) is 11.6 Å². The summed E-state index contributed by atoms with van der Waals surface area (Å²) in [4.78, 5) is 18.8. The Balaban J connectivity index is 1.66. The Hall–Kier alpha value is -2.58. The second-order valence-electron chi connectivity index (χ2n) is 8.87. The lowest BCUT2D eigenvalue weighted by Gasteiger charge is -2.34. The summed E-state index contributed by atoms with van der Waals surface area (Å²) in [5.74, 6) is 0.768. The predicted octanol–water partition coefficient (Wildman–Crippen LogP) is 3.06. The second-order valence-corrected chi connectivity index (χ2v) is 8.87. The van der Waals surface area contributed by atoms with E-state index in [-0.39, 0.29) is 11.6 Å². The van der Waals surface area contributed by atoms with Crippen molar-refractivity contribution in [1.29, 1.82) is 0 Å². The van der Waals surface area contributed by atoms with Crippen molar-refractivity contribution in [3.63, 3.8) is 0 Å². The molecule has 1 aliphatic heterocycles. The maximum absolute atomic E-state index is 13.4. The highest BCUT2D eigenvalue weighted by atomic mass is 16.5. The minimum Gasteiger partial charge on any atom is -0.379 e. The van der Waals surface area contributed by atoms with Gasteiger partial charge in [0.2, 0.25) is 0 Å². The fourth-order valence-corrected chi connectivity index (χ4v) is 5.10. The fraction of sp³-hybridized carbons (Fsp3) is 0.565. The number of hydrogen-bond donors (Lipinski definition) is 1. The number of nitrogens with zero attached hydrogens (tertiary/aromatic N) is 5. The number of nitrogens with one attached hydrogen (secondary N) is 1. The molecule has 2 fully saturated rings. The molecule has 1 atom stereocenters. The molecule has 8 nitrogen and oxygen atoms in total. The first-order valence-corrected chi connectivity index (χ1v) is 11.4. The average Bonchev–Trinajstić information content (AvgIpc) is 3.28. The van der Waals surface area contributed by atoms with Crippen LogP contribution >= 0.6 is 0 Å². The zero-order valence-electron chi connectivity index (χ0n) is 18.3. The number of rotatable bonds is 4. The molecule has 0 unspecified atom stereocenters. The summed E-state index contributed by atoms with van der Waals surface area (Å²) in [6.45, 7) is 6.88. The van der Waals surface area contributed by atoms with Gasteiger partial charge in [0, 0.05) is 24.0 Å². The number of ether oxygens (including phenoxy) is 1. The van der Waals surface area contributed by atoms with Gasteiger partial charge in [-0.3, -0.25) is 9.69 Å². The monoisotopic (exact) mass is 422 g/mol. The Morgan fingerprint density at radius 1 is 1.10 bits per heavy atom. The van der Waals surface area contributed by atoms with Gasteiger partial charge in [0.1, 0.15) is 6.04 Å². The molecule has 0 amide bonds. The van der Waals surface area contributed by atoms with Gasteiger partial charge >= 0.3 is 0 Å². The molecule has 1 saturated heterocycles. The lowest BCUT2D eigenvalue weighted by atomic mass is 9.94. The Kier molecular flexibility index (Phi) is 5.58. The first-order chi connectivity index (χ1) is 15.1. The SMILES string of the molecule is Cc1ccc(C)c2[nH]c(=O)c([C@H](c3nnnn3C3CCCCC3)N3CCOCC3)cc12. The van der Waals surface area contributed by atoms with Crippen LogP contribution in [0, 0.1) is 13.8 Å². The summed E-state index contributed by atoms with van der Waals surface area (Å²) < 4.78 is 7.59. The lowest BCUT2D eigenvalue weighted by Crippen LogP contribution is -2.42. The van der Waals surface area contributed by atoms with Crippen LogP contribution in [0.15, 0.2) is 23.0 Å². The Labute approximate surface area is 181 Å². The van der Waals surface area contributed by atoms with Crippen LogP contribution in [0.1, 0.15) is 66.7 Å². The highest BCUT2D eigenvalue weighted by molar-refractivity contribution is 5.85. The van der Waals surface area contributed by atoms with Crippen molar-refractivity contribution in [1.82, 2.24) is 30.1 Å². The standard InChI is InChI=1S/C23H30N6O2/c1-15-8-9-16(2)20-18(15)14-19(23(30)24-20)21(28-10-12-31-13-11-28)22-25-26-27-29(22)17-6-4-3-5-7-17/h8-9,14,17,21H,3-7,10-13H2,1-2H3,(H,24,30)/t21-/m1/s1. The number of hydrogen-bond acceptors (Lipinski definition) is 6. The maximum atomic E-state index is 13.4. The van der Waals surface area contributed by atoms with Crippen LogP contribution in [0.3, 0.4) is 0 Å². The summed E-state index contributed by atoms with van der Waals surface area (Å²) in [5.41, 5.74) is 3.75. The van der Waals surface area contributed by atoms with Crippen LogP contribution in [-0.2, 0) is 4.74 Å². The summed E-state index contributed by atoms with van der Waals surface area (Å²) in [5, 5.41) is 14.0. The van der Waals surface area contributed by atoms with Crippen LogP contribution in [0.5, 0.6) is 0 Å². The van der Waals surface area contributed by atoms with Crippen LogP contribution < -0.4 is 5.56 Å². The third kappa shape index (κ3) is 3.78. The van der Waals surface area contributed by atoms with Gasteiger partial charge in [-0.1, -0.05) is 31.4 Å². The third-order valence-electron chi connectivity index (χ3n) is 6.86. The molecule has 2 aliphatic rings. The van der Waals surface area contributed by atoms with Gasteiger partial charge in [-0.15, -0.1) is 5.10 Å². The molecule has 5 rings (SSSR count). The van der Waals surface area contributed by atoms with E-state index in [4.69, 9.17) is 4.74 Å². The molecule has 8 heteroatoms. The van der Waals surface area contributed by atoms with Gasteiger partial charge in [0.05, 0.1) is 24.8 Å². The van der Waals surface area contributed by atoms with E-state index in [1.54, 1.807) is 0 Å². The molecule has 1 N–H and O–H groups in total. The summed E-state index contributed by atoms with van der Waals surface area (Å²) in [7, 11) is 0. The summed E-state index contributed by atoms with van der Waals surface area (Å²) in [6, 6.07) is 6.21. The lowest BCUT2D eigenvalue weighted by molar-refractivity contribution is 0.0209. The molecule has 3 aromatic rings. The number of aryl methyl sites for hydroxylation is 2. The van der Waals surface area contributed by atoms with Gasteiger partial charge in [-0.25, -0.2) is 4.68 Å². The number of tetrazole rings is 1. The van der Waals surface area contributed by atoms with Crippen LogP contribution in [0.2, 0.25) is 0 Å². The molecule has 31 heavy (non-hydrogen) atoms. The maximum Gasteiger partial charge on any atom is 0.253 e. The summed E-state index contributed by atoms with van der Waals surface area (Å²) >= 11 is 0. The molecular weight excluding hydrogens is 392 g/mol. The molecule has 2 aromatic heterocycles. The molecule has 0 bridgehead atoms.